The van der Waals surface area contributed by atoms with Gasteiger partial charge in [-0.25, -0.2) is 0 Å². The Morgan fingerprint density at radius 1 is 1.53 bits per heavy atom. The number of aryl methyl sites for hydroxylation is 1. The van der Waals surface area contributed by atoms with Crippen molar-refractivity contribution in [2.45, 2.75) is 26.4 Å². The average molecular weight is 206 g/mol. The molecule has 4 heteroatoms. The molecular weight excluding hydrogens is 192 g/mol. The van der Waals surface area contributed by atoms with Gasteiger partial charge in [0.1, 0.15) is 5.76 Å². The van der Waals surface area contributed by atoms with Crippen LogP contribution >= 0.6 is 0 Å². The Morgan fingerprint density at radius 3 is 3.00 bits per heavy atom. The Bertz CT molecular complexity index is 406. The minimum absolute atomic E-state index is 0.172. The maximum atomic E-state index is 5.28. The van der Waals surface area contributed by atoms with Crippen LogP contribution in [0.4, 0.5) is 0 Å². The zero-order valence-corrected chi connectivity index (χ0v) is 8.86. The monoisotopic (exact) mass is 206 g/mol. The molecule has 80 valence electrons. The van der Waals surface area contributed by atoms with E-state index in [0.717, 1.165) is 17.2 Å². The number of furan rings is 1. The third-order valence-corrected chi connectivity index (χ3v) is 2.23. The summed E-state index contributed by atoms with van der Waals surface area (Å²) in [6.45, 7) is 4.60. The second-order valence-corrected chi connectivity index (χ2v) is 3.55. The first-order valence-corrected chi connectivity index (χ1v) is 4.94. The van der Waals surface area contributed by atoms with Gasteiger partial charge in [-0.05, 0) is 26.0 Å². The van der Waals surface area contributed by atoms with Crippen LogP contribution in [0.2, 0.25) is 0 Å². The molecule has 1 unspecified atom stereocenters. The van der Waals surface area contributed by atoms with E-state index in [1.165, 1.54) is 0 Å². The molecule has 0 bridgehead atoms. The Labute approximate surface area is 88.3 Å². The molecule has 15 heavy (non-hydrogen) atoms. The summed E-state index contributed by atoms with van der Waals surface area (Å²) in [7, 11) is 0. The van der Waals surface area contributed by atoms with Gasteiger partial charge in [0.15, 0.2) is 5.76 Å². The maximum Gasteiger partial charge on any atom is 0.150 e. The normalized spacial score (nSPS) is 12.9. The van der Waals surface area contributed by atoms with Crippen molar-refractivity contribution in [3.63, 3.8) is 0 Å². The molecule has 0 aliphatic rings. The molecule has 0 aromatic carbocycles. The fourth-order valence-electron chi connectivity index (χ4n) is 1.39. The molecule has 1 N–H and O–H groups in total. The lowest BCUT2D eigenvalue weighted by Gasteiger charge is -2.08. The molecule has 0 radical (unpaired) electrons. The molecule has 2 rings (SSSR count). The molecule has 0 amide bonds. The molecule has 2 heterocycles. The summed E-state index contributed by atoms with van der Waals surface area (Å²) in [6.07, 6.45) is 1.67. The molecule has 1 atom stereocenters. The van der Waals surface area contributed by atoms with Gasteiger partial charge in [0, 0.05) is 6.07 Å². The van der Waals surface area contributed by atoms with E-state index in [1.807, 2.05) is 32.0 Å². The zero-order valence-electron chi connectivity index (χ0n) is 8.86. The van der Waals surface area contributed by atoms with Crippen molar-refractivity contribution >= 4 is 0 Å². The highest BCUT2D eigenvalue weighted by atomic mass is 16.5. The summed E-state index contributed by atoms with van der Waals surface area (Å²) < 4.78 is 10.4. The molecule has 0 saturated carbocycles. The van der Waals surface area contributed by atoms with Gasteiger partial charge in [0.2, 0.25) is 0 Å². The molecule has 0 saturated heterocycles. The van der Waals surface area contributed by atoms with E-state index >= 15 is 0 Å². The average Bonchev–Trinajstić information content (AvgIpc) is 2.84. The maximum absolute atomic E-state index is 5.28. The quantitative estimate of drug-likeness (QED) is 0.834. The highest BCUT2D eigenvalue weighted by Crippen LogP contribution is 2.13. The first-order valence-electron chi connectivity index (χ1n) is 4.94. The van der Waals surface area contributed by atoms with Crippen molar-refractivity contribution in [3.8, 4) is 0 Å². The summed E-state index contributed by atoms with van der Waals surface area (Å²) in [4.78, 5) is 0. The third-order valence-electron chi connectivity index (χ3n) is 2.23. The van der Waals surface area contributed by atoms with Crippen LogP contribution in [-0.4, -0.2) is 5.16 Å². The van der Waals surface area contributed by atoms with Gasteiger partial charge in [0.05, 0.1) is 24.5 Å². The summed E-state index contributed by atoms with van der Waals surface area (Å²) in [5.74, 6) is 1.76. The van der Waals surface area contributed by atoms with Crippen LogP contribution in [0.3, 0.4) is 0 Å². The lowest BCUT2D eigenvalue weighted by Crippen LogP contribution is -2.17. The fourth-order valence-corrected chi connectivity index (χ4v) is 1.39. The Balaban J connectivity index is 1.88. The van der Waals surface area contributed by atoms with Crippen molar-refractivity contribution in [1.29, 1.82) is 0 Å². The number of hydrogen-bond acceptors (Lipinski definition) is 4. The molecular formula is C11H14N2O2. The predicted octanol–water partition coefficient (Wildman–Crippen LogP) is 2.43. The first kappa shape index (κ1) is 9.98. The van der Waals surface area contributed by atoms with E-state index in [-0.39, 0.29) is 6.04 Å². The molecule has 0 aliphatic carbocycles. The third kappa shape index (κ3) is 2.47. The van der Waals surface area contributed by atoms with E-state index in [9.17, 15) is 0 Å². The van der Waals surface area contributed by atoms with Crippen LogP contribution in [0.15, 0.2) is 33.4 Å². The lowest BCUT2D eigenvalue weighted by atomic mass is 10.2. The number of hydrogen-bond donors (Lipinski definition) is 1. The van der Waals surface area contributed by atoms with Gasteiger partial charge >= 0.3 is 0 Å². The Kier molecular flexibility index (Phi) is 2.87. The SMILES string of the molecule is Cc1cc(CNC(C)c2ccco2)on1. The number of nitrogens with zero attached hydrogens (tertiary/aromatic N) is 1. The zero-order chi connectivity index (χ0) is 10.7. The second-order valence-electron chi connectivity index (χ2n) is 3.55. The van der Waals surface area contributed by atoms with Crippen LogP contribution in [0.25, 0.3) is 0 Å². The summed E-state index contributed by atoms with van der Waals surface area (Å²) in [5.41, 5.74) is 0.900. The van der Waals surface area contributed by atoms with Crippen molar-refractivity contribution < 1.29 is 8.94 Å². The van der Waals surface area contributed by atoms with E-state index in [2.05, 4.69) is 10.5 Å². The highest BCUT2D eigenvalue weighted by molar-refractivity contribution is 5.05. The minimum atomic E-state index is 0.172. The van der Waals surface area contributed by atoms with Crippen LogP contribution < -0.4 is 5.32 Å². The van der Waals surface area contributed by atoms with Crippen LogP contribution in [0, 0.1) is 6.92 Å². The van der Waals surface area contributed by atoms with Crippen molar-refractivity contribution in [3.05, 3.63) is 41.7 Å². The molecule has 0 fully saturated rings. The molecule has 0 spiro atoms. The Hall–Kier alpha value is -1.55. The fraction of sp³-hybridized carbons (Fsp3) is 0.364. The number of nitrogens with one attached hydrogen (secondary N) is 1. The van der Waals surface area contributed by atoms with E-state index in [4.69, 9.17) is 8.94 Å². The minimum Gasteiger partial charge on any atom is -0.468 e. The standard InChI is InChI=1S/C11H14N2O2/c1-8-6-10(15-13-8)7-12-9(2)11-4-3-5-14-11/h3-6,9,12H,7H2,1-2H3. The highest BCUT2D eigenvalue weighted by Gasteiger charge is 2.08. The second kappa shape index (κ2) is 4.31. The Morgan fingerprint density at radius 2 is 2.40 bits per heavy atom. The number of aromatic nitrogens is 1. The van der Waals surface area contributed by atoms with Crippen molar-refractivity contribution in [2.75, 3.05) is 0 Å². The first-order chi connectivity index (χ1) is 7.25. The van der Waals surface area contributed by atoms with Gasteiger partial charge < -0.3 is 14.3 Å². The number of rotatable bonds is 4. The van der Waals surface area contributed by atoms with Gasteiger partial charge in [-0.15, -0.1) is 0 Å². The van der Waals surface area contributed by atoms with E-state index in [0.29, 0.717) is 6.54 Å². The largest absolute Gasteiger partial charge is 0.468 e. The smallest absolute Gasteiger partial charge is 0.150 e. The predicted molar refractivity (Wildman–Crippen MR) is 55.2 cm³/mol. The summed E-state index contributed by atoms with van der Waals surface area (Å²) in [5, 5.41) is 7.11. The van der Waals surface area contributed by atoms with Crippen molar-refractivity contribution in [1.82, 2.24) is 10.5 Å². The van der Waals surface area contributed by atoms with E-state index in [1.54, 1.807) is 6.26 Å². The molecule has 2 aromatic heterocycles. The molecule has 2 aromatic rings. The van der Waals surface area contributed by atoms with Crippen LogP contribution in [-0.2, 0) is 6.54 Å². The van der Waals surface area contributed by atoms with Gasteiger partial charge in [-0.1, -0.05) is 5.16 Å². The lowest BCUT2D eigenvalue weighted by molar-refractivity contribution is 0.353. The van der Waals surface area contributed by atoms with E-state index < -0.39 is 0 Å². The van der Waals surface area contributed by atoms with Gasteiger partial charge in [-0.2, -0.15) is 0 Å². The summed E-state index contributed by atoms with van der Waals surface area (Å²) >= 11 is 0. The molecule has 4 nitrogen and oxygen atoms in total. The van der Waals surface area contributed by atoms with Crippen LogP contribution in [0.1, 0.15) is 30.2 Å². The summed E-state index contributed by atoms with van der Waals surface area (Å²) in [6, 6.07) is 5.92. The van der Waals surface area contributed by atoms with Gasteiger partial charge in [0.25, 0.3) is 0 Å². The van der Waals surface area contributed by atoms with Gasteiger partial charge in [-0.3, -0.25) is 0 Å². The van der Waals surface area contributed by atoms with Crippen LogP contribution in [0.5, 0.6) is 0 Å². The topological polar surface area (TPSA) is 51.2 Å². The van der Waals surface area contributed by atoms with Crippen molar-refractivity contribution in [2.24, 2.45) is 0 Å². The molecule has 0 aliphatic heterocycles.